The number of benzene rings is 1. The van der Waals surface area contributed by atoms with Gasteiger partial charge in [0, 0.05) is 49.4 Å². The van der Waals surface area contributed by atoms with Crippen molar-refractivity contribution in [3.8, 4) is 0 Å². The number of amides is 2. The zero-order valence-corrected chi connectivity index (χ0v) is 17.2. The van der Waals surface area contributed by atoms with Crippen LogP contribution in [0.3, 0.4) is 0 Å². The van der Waals surface area contributed by atoms with Gasteiger partial charge < -0.3 is 9.80 Å². The van der Waals surface area contributed by atoms with E-state index in [9.17, 15) is 9.59 Å². The number of carbonyl (C=O) groups excluding carboxylic acids is 2. The number of rotatable bonds is 3. The fourth-order valence-electron chi connectivity index (χ4n) is 5.13. The van der Waals surface area contributed by atoms with Crippen LogP contribution in [-0.4, -0.2) is 71.8 Å². The fourth-order valence-corrected chi connectivity index (χ4v) is 5.32. The Kier molecular flexibility index (Phi) is 6.22. The normalized spacial score (nSPS) is 26.0. The van der Waals surface area contributed by atoms with Gasteiger partial charge in [0.05, 0.1) is 6.54 Å². The Hall–Kier alpha value is -1.59. The largest absolute Gasteiger partial charge is 0.338 e. The van der Waals surface area contributed by atoms with Gasteiger partial charge in [-0.25, -0.2) is 0 Å². The van der Waals surface area contributed by atoms with Crippen LogP contribution in [0.2, 0.25) is 5.02 Å². The molecule has 1 aromatic carbocycles. The molecule has 2 heterocycles. The first-order valence-corrected chi connectivity index (χ1v) is 11.1. The van der Waals surface area contributed by atoms with Gasteiger partial charge in [-0.2, -0.15) is 0 Å². The van der Waals surface area contributed by atoms with Gasteiger partial charge in [0.25, 0.3) is 5.91 Å². The standard InChI is InChI=1S/C22H30ClN3O2/c23-19-8-3-6-18(15-19)22(28)25-13-11-24(12-14-25)16-21(27)26-10-4-7-17-5-1-2-9-20(17)26/h3,6,8,15,17,20H,1-2,4-5,7,9-14,16H2. The second-order valence-corrected chi connectivity index (χ2v) is 8.86. The van der Waals surface area contributed by atoms with Crippen molar-refractivity contribution in [2.45, 2.75) is 44.6 Å². The lowest BCUT2D eigenvalue weighted by atomic mass is 9.78. The molecule has 152 valence electrons. The number of hydrogen-bond donors (Lipinski definition) is 0. The van der Waals surface area contributed by atoms with E-state index in [0.29, 0.717) is 36.3 Å². The molecule has 1 aliphatic carbocycles. The number of piperazine rings is 1. The molecule has 3 fully saturated rings. The third kappa shape index (κ3) is 4.36. The van der Waals surface area contributed by atoms with E-state index in [1.807, 2.05) is 11.0 Å². The summed E-state index contributed by atoms with van der Waals surface area (Å²) in [6.07, 6.45) is 7.49. The summed E-state index contributed by atoms with van der Waals surface area (Å²) in [6.45, 7) is 4.23. The van der Waals surface area contributed by atoms with Gasteiger partial charge in [-0.05, 0) is 49.8 Å². The van der Waals surface area contributed by atoms with Crippen molar-refractivity contribution in [1.29, 1.82) is 0 Å². The van der Waals surface area contributed by atoms with Crippen LogP contribution in [0, 0.1) is 5.92 Å². The Balaban J connectivity index is 1.29. The van der Waals surface area contributed by atoms with E-state index in [1.165, 1.54) is 32.1 Å². The van der Waals surface area contributed by atoms with Crippen LogP contribution in [-0.2, 0) is 4.79 Å². The Labute approximate surface area is 172 Å². The monoisotopic (exact) mass is 403 g/mol. The molecular formula is C22H30ClN3O2. The predicted molar refractivity (Wildman–Crippen MR) is 110 cm³/mol. The third-order valence-electron chi connectivity index (χ3n) is 6.65. The summed E-state index contributed by atoms with van der Waals surface area (Å²) in [4.78, 5) is 31.9. The maximum absolute atomic E-state index is 13.0. The maximum atomic E-state index is 13.0. The highest BCUT2D eigenvalue weighted by atomic mass is 35.5. The number of carbonyl (C=O) groups is 2. The molecule has 4 rings (SSSR count). The van der Waals surface area contributed by atoms with Crippen LogP contribution in [0.4, 0.5) is 0 Å². The van der Waals surface area contributed by atoms with Gasteiger partial charge in [0.1, 0.15) is 0 Å². The van der Waals surface area contributed by atoms with E-state index in [-0.39, 0.29) is 11.8 Å². The lowest BCUT2D eigenvalue weighted by Crippen LogP contribution is -2.55. The molecule has 0 bridgehead atoms. The van der Waals surface area contributed by atoms with E-state index >= 15 is 0 Å². The van der Waals surface area contributed by atoms with Crippen molar-refractivity contribution in [2.75, 3.05) is 39.3 Å². The first kappa shape index (κ1) is 19.7. The van der Waals surface area contributed by atoms with Gasteiger partial charge in [0.15, 0.2) is 0 Å². The Bertz CT molecular complexity index is 715. The van der Waals surface area contributed by atoms with E-state index in [4.69, 9.17) is 11.6 Å². The van der Waals surface area contributed by atoms with Gasteiger partial charge in [-0.1, -0.05) is 30.5 Å². The minimum atomic E-state index is 0.0227. The molecule has 0 radical (unpaired) electrons. The van der Waals surface area contributed by atoms with Crippen LogP contribution in [0.15, 0.2) is 24.3 Å². The number of hydrogen-bond acceptors (Lipinski definition) is 3. The fraction of sp³-hybridized carbons (Fsp3) is 0.636. The number of halogens is 1. The predicted octanol–water partition coefficient (Wildman–Crippen LogP) is 3.28. The molecule has 1 saturated carbocycles. The molecule has 0 N–H and O–H groups in total. The second-order valence-electron chi connectivity index (χ2n) is 8.42. The number of fused-ring (bicyclic) bond motifs is 1. The van der Waals surface area contributed by atoms with Crippen molar-refractivity contribution < 1.29 is 9.59 Å². The van der Waals surface area contributed by atoms with Crippen LogP contribution >= 0.6 is 11.6 Å². The topological polar surface area (TPSA) is 43.9 Å². The maximum Gasteiger partial charge on any atom is 0.253 e. The second kappa shape index (κ2) is 8.83. The Morgan fingerprint density at radius 3 is 2.50 bits per heavy atom. The summed E-state index contributed by atoms with van der Waals surface area (Å²) >= 11 is 6.01. The number of likely N-dealkylation sites (tertiary alicyclic amines) is 1. The first-order chi connectivity index (χ1) is 13.6. The molecule has 28 heavy (non-hydrogen) atoms. The molecule has 2 amide bonds. The minimum Gasteiger partial charge on any atom is -0.338 e. The summed E-state index contributed by atoms with van der Waals surface area (Å²) in [5.41, 5.74) is 0.633. The van der Waals surface area contributed by atoms with Crippen molar-refractivity contribution in [3.63, 3.8) is 0 Å². The summed E-state index contributed by atoms with van der Waals surface area (Å²) in [5.74, 6) is 1.03. The quantitative estimate of drug-likeness (QED) is 0.777. The third-order valence-corrected chi connectivity index (χ3v) is 6.89. The zero-order valence-electron chi connectivity index (χ0n) is 16.5. The zero-order chi connectivity index (χ0) is 19.5. The molecule has 2 unspecified atom stereocenters. The number of nitrogens with zero attached hydrogens (tertiary/aromatic N) is 3. The van der Waals surface area contributed by atoms with E-state index in [2.05, 4.69) is 9.80 Å². The lowest BCUT2D eigenvalue weighted by Gasteiger charge is -2.45. The molecule has 2 atom stereocenters. The highest BCUT2D eigenvalue weighted by Gasteiger charge is 2.36. The SMILES string of the molecule is O=C(c1cccc(Cl)c1)N1CCN(CC(=O)N2CCCC3CCCCC32)CC1. The average Bonchev–Trinajstić information content (AvgIpc) is 2.73. The highest BCUT2D eigenvalue weighted by molar-refractivity contribution is 6.30. The molecule has 3 aliphatic rings. The summed E-state index contributed by atoms with van der Waals surface area (Å²) in [5, 5.41) is 0.581. The van der Waals surface area contributed by atoms with Crippen molar-refractivity contribution in [3.05, 3.63) is 34.9 Å². The van der Waals surface area contributed by atoms with Gasteiger partial charge in [-0.15, -0.1) is 0 Å². The van der Waals surface area contributed by atoms with E-state index in [0.717, 1.165) is 32.0 Å². The Morgan fingerprint density at radius 1 is 0.964 bits per heavy atom. The van der Waals surface area contributed by atoms with E-state index in [1.54, 1.807) is 18.2 Å². The van der Waals surface area contributed by atoms with Crippen molar-refractivity contribution in [1.82, 2.24) is 14.7 Å². The van der Waals surface area contributed by atoms with Gasteiger partial charge in [-0.3, -0.25) is 14.5 Å². The first-order valence-electron chi connectivity index (χ1n) is 10.7. The molecule has 5 nitrogen and oxygen atoms in total. The molecule has 6 heteroatoms. The van der Waals surface area contributed by atoms with E-state index < -0.39 is 0 Å². The van der Waals surface area contributed by atoms with Gasteiger partial charge >= 0.3 is 0 Å². The van der Waals surface area contributed by atoms with Crippen LogP contribution in [0.25, 0.3) is 0 Å². The lowest BCUT2D eigenvalue weighted by molar-refractivity contribution is -0.139. The summed E-state index contributed by atoms with van der Waals surface area (Å²) in [6, 6.07) is 7.58. The minimum absolute atomic E-state index is 0.0227. The molecule has 2 saturated heterocycles. The van der Waals surface area contributed by atoms with Crippen molar-refractivity contribution >= 4 is 23.4 Å². The molecule has 2 aliphatic heterocycles. The van der Waals surface area contributed by atoms with Crippen LogP contribution in [0.5, 0.6) is 0 Å². The smallest absolute Gasteiger partial charge is 0.253 e. The average molecular weight is 404 g/mol. The number of piperidine rings is 1. The summed E-state index contributed by atoms with van der Waals surface area (Å²) < 4.78 is 0. The molecule has 1 aromatic rings. The highest BCUT2D eigenvalue weighted by Crippen LogP contribution is 2.35. The molecule has 0 aromatic heterocycles. The molecule has 0 spiro atoms. The summed E-state index contributed by atoms with van der Waals surface area (Å²) in [7, 11) is 0. The van der Waals surface area contributed by atoms with Crippen LogP contribution < -0.4 is 0 Å². The molecular weight excluding hydrogens is 374 g/mol. The Morgan fingerprint density at radius 2 is 1.71 bits per heavy atom. The van der Waals surface area contributed by atoms with Gasteiger partial charge in [0.2, 0.25) is 5.91 Å². The van der Waals surface area contributed by atoms with Crippen molar-refractivity contribution in [2.24, 2.45) is 5.92 Å². The van der Waals surface area contributed by atoms with Crippen LogP contribution in [0.1, 0.15) is 48.9 Å².